The van der Waals surface area contributed by atoms with E-state index >= 15 is 0 Å². The molecular formula is C23H25Cl2N3OS. The predicted molar refractivity (Wildman–Crippen MR) is 130 cm³/mol. The van der Waals surface area contributed by atoms with Gasteiger partial charge in [0.05, 0.1) is 15.0 Å². The number of thioether (sulfide) groups is 1. The second-order valence-corrected chi connectivity index (χ2v) is 9.57. The second-order valence-electron chi connectivity index (χ2n) is 7.61. The average molecular weight is 462 g/mol. The van der Waals surface area contributed by atoms with E-state index in [1.165, 1.54) is 5.69 Å². The number of nitrogens with zero attached hydrogens (tertiary/aromatic N) is 3. The molecule has 7 heteroatoms. The third kappa shape index (κ3) is 4.80. The predicted octanol–water partition coefficient (Wildman–Crippen LogP) is 5.26. The summed E-state index contributed by atoms with van der Waals surface area (Å²) in [6.07, 6.45) is 3.18. The summed E-state index contributed by atoms with van der Waals surface area (Å²) in [6, 6.07) is 13.7. The van der Waals surface area contributed by atoms with Crippen LogP contribution in [0.1, 0.15) is 12.0 Å². The highest BCUT2D eigenvalue weighted by Gasteiger charge is 2.26. The highest BCUT2D eigenvalue weighted by molar-refractivity contribution is 8.04. The number of amides is 1. The number of para-hydroxylation sites is 1. The summed E-state index contributed by atoms with van der Waals surface area (Å²) in [5, 5.41) is 0.953. The number of likely N-dealkylation sites (N-methyl/N-ethyl adjacent to an activating group) is 1. The van der Waals surface area contributed by atoms with E-state index in [-0.39, 0.29) is 5.91 Å². The van der Waals surface area contributed by atoms with Gasteiger partial charge in [-0.1, -0.05) is 41.4 Å². The number of carbonyl (C=O) groups excluding carboxylic acids is 1. The standard InChI is InChI=1S/C23H25Cl2N3OS/c1-26-9-4-10-27(12-11-26)21-6-3-2-5-17(21)15-22-23(29)28(13-14-30-22)18-7-8-19(24)20(25)16-18/h2-3,5-8,15-16H,4,9-14H2,1H3. The van der Waals surface area contributed by atoms with Crippen LogP contribution >= 0.6 is 35.0 Å². The van der Waals surface area contributed by atoms with Gasteiger partial charge in [0.2, 0.25) is 0 Å². The second kappa shape index (κ2) is 9.65. The van der Waals surface area contributed by atoms with Crippen LogP contribution in [-0.4, -0.2) is 56.3 Å². The summed E-state index contributed by atoms with van der Waals surface area (Å²) in [7, 11) is 2.17. The monoisotopic (exact) mass is 461 g/mol. The first-order chi connectivity index (χ1) is 14.5. The van der Waals surface area contributed by atoms with Crippen molar-refractivity contribution in [3.8, 4) is 0 Å². The molecule has 0 radical (unpaired) electrons. The van der Waals surface area contributed by atoms with Crippen molar-refractivity contribution in [2.45, 2.75) is 6.42 Å². The Morgan fingerprint density at radius 3 is 2.63 bits per heavy atom. The van der Waals surface area contributed by atoms with Crippen LogP contribution < -0.4 is 9.80 Å². The molecule has 158 valence electrons. The largest absolute Gasteiger partial charge is 0.370 e. The Bertz CT molecular complexity index is 965. The van der Waals surface area contributed by atoms with Crippen molar-refractivity contribution < 1.29 is 4.79 Å². The van der Waals surface area contributed by atoms with Crippen LogP contribution in [0.5, 0.6) is 0 Å². The smallest absolute Gasteiger partial charge is 0.264 e. The summed E-state index contributed by atoms with van der Waals surface area (Å²) in [5.74, 6) is 0.851. The van der Waals surface area contributed by atoms with Gasteiger partial charge in [-0.2, -0.15) is 0 Å². The van der Waals surface area contributed by atoms with Gasteiger partial charge in [-0.15, -0.1) is 11.8 Å². The van der Waals surface area contributed by atoms with Crippen LogP contribution in [0, 0.1) is 0 Å². The third-order valence-electron chi connectivity index (χ3n) is 5.53. The van der Waals surface area contributed by atoms with Crippen LogP contribution in [-0.2, 0) is 4.79 Å². The van der Waals surface area contributed by atoms with E-state index in [0.717, 1.165) is 54.5 Å². The van der Waals surface area contributed by atoms with Gasteiger partial charge >= 0.3 is 0 Å². The Morgan fingerprint density at radius 2 is 1.80 bits per heavy atom. The van der Waals surface area contributed by atoms with Crippen molar-refractivity contribution in [1.29, 1.82) is 0 Å². The molecule has 0 aromatic heterocycles. The SMILES string of the molecule is CN1CCCN(c2ccccc2C=C2SCCN(c3ccc(Cl)c(Cl)c3)C2=O)CC1. The van der Waals surface area contributed by atoms with Gasteiger partial charge in [0.1, 0.15) is 0 Å². The van der Waals surface area contributed by atoms with Gasteiger partial charge in [0.15, 0.2) is 0 Å². The van der Waals surface area contributed by atoms with Crippen molar-refractivity contribution in [2.75, 3.05) is 55.3 Å². The molecule has 2 aromatic carbocycles. The van der Waals surface area contributed by atoms with Crippen molar-refractivity contribution in [1.82, 2.24) is 4.90 Å². The Morgan fingerprint density at radius 1 is 0.967 bits per heavy atom. The van der Waals surface area contributed by atoms with E-state index in [9.17, 15) is 4.79 Å². The molecule has 2 aliphatic rings. The average Bonchev–Trinajstić information content (AvgIpc) is 2.96. The van der Waals surface area contributed by atoms with Crippen molar-refractivity contribution >= 4 is 58.3 Å². The number of benzene rings is 2. The molecule has 0 bridgehead atoms. The molecule has 0 spiro atoms. The van der Waals surface area contributed by atoms with Gasteiger partial charge in [-0.05, 0) is 55.9 Å². The first kappa shape index (κ1) is 21.6. The minimum absolute atomic E-state index is 0.00930. The van der Waals surface area contributed by atoms with Gasteiger partial charge in [0.25, 0.3) is 5.91 Å². The van der Waals surface area contributed by atoms with E-state index in [1.54, 1.807) is 28.8 Å². The zero-order valence-electron chi connectivity index (χ0n) is 17.0. The fourth-order valence-electron chi connectivity index (χ4n) is 3.87. The van der Waals surface area contributed by atoms with Crippen molar-refractivity contribution in [2.24, 2.45) is 0 Å². The minimum Gasteiger partial charge on any atom is -0.370 e. The van der Waals surface area contributed by atoms with Gasteiger partial charge in [-0.3, -0.25) is 4.79 Å². The molecule has 4 rings (SSSR count). The third-order valence-corrected chi connectivity index (χ3v) is 7.26. The van der Waals surface area contributed by atoms with Crippen LogP contribution in [0.3, 0.4) is 0 Å². The first-order valence-electron chi connectivity index (χ1n) is 10.2. The number of carbonyl (C=O) groups is 1. The number of rotatable bonds is 3. The molecule has 0 atom stereocenters. The van der Waals surface area contributed by atoms with E-state index in [0.29, 0.717) is 16.6 Å². The molecule has 0 aliphatic carbocycles. The molecule has 2 saturated heterocycles. The highest BCUT2D eigenvalue weighted by atomic mass is 35.5. The normalized spacial score (nSPS) is 20.0. The van der Waals surface area contributed by atoms with Crippen LogP contribution in [0.4, 0.5) is 11.4 Å². The van der Waals surface area contributed by atoms with Gasteiger partial charge in [0, 0.05) is 43.3 Å². The van der Waals surface area contributed by atoms with E-state index in [4.69, 9.17) is 23.2 Å². The van der Waals surface area contributed by atoms with Crippen molar-refractivity contribution in [3.63, 3.8) is 0 Å². The molecule has 1 amide bonds. The molecule has 2 heterocycles. The number of halogens is 2. The summed E-state index contributed by atoms with van der Waals surface area (Å²) in [6.45, 7) is 4.84. The Labute approximate surface area is 192 Å². The molecular weight excluding hydrogens is 437 g/mol. The van der Waals surface area contributed by atoms with Gasteiger partial charge < -0.3 is 14.7 Å². The first-order valence-corrected chi connectivity index (χ1v) is 11.9. The quantitative estimate of drug-likeness (QED) is 0.582. The Balaban J connectivity index is 1.61. The van der Waals surface area contributed by atoms with E-state index < -0.39 is 0 Å². The fourth-order valence-corrected chi connectivity index (χ4v) is 5.10. The Kier molecular flexibility index (Phi) is 6.94. The van der Waals surface area contributed by atoms with Crippen molar-refractivity contribution in [3.05, 3.63) is 63.0 Å². The van der Waals surface area contributed by atoms with E-state index in [2.05, 4.69) is 35.0 Å². The van der Waals surface area contributed by atoms with E-state index in [1.807, 2.05) is 18.2 Å². The highest BCUT2D eigenvalue weighted by Crippen LogP contribution is 2.34. The van der Waals surface area contributed by atoms with Crippen LogP contribution in [0.2, 0.25) is 10.0 Å². The number of hydrogen-bond acceptors (Lipinski definition) is 4. The van der Waals surface area contributed by atoms with Crippen LogP contribution in [0.15, 0.2) is 47.4 Å². The molecule has 4 nitrogen and oxygen atoms in total. The topological polar surface area (TPSA) is 26.8 Å². The molecule has 0 saturated carbocycles. The molecule has 2 aliphatic heterocycles. The maximum absolute atomic E-state index is 13.3. The molecule has 2 aromatic rings. The number of hydrogen-bond donors (Lipinski definition) is 0. The zero-order chi connectivity index (χ0) is 21.1. The lowest BCUT2D eigenvalue weighted by molar-refractivity contribution is -0.114. The summed E-state index contributed by atoms with van der Waals surface area (Å²) >= 11 is 13.8. The summed E-state index contributed by atoms with van der Waals surface area (Å²) in [5.41, 5.74) is 3.07. The fraction of sp³-hybridized carbons (Fsp3) is 0.348. The maximum Gasteiger partial charge on any atom is 0.264 e. The molecule has 30 heavy (non-hydrogen) atoms. The minimum atomic E-state index is 0.00930. The Hall–Kier alpha value is -1.66. The maximum atomic E-state index is 13.3. The zero-order valence-corrected chi connectivity index (χ0v) is 19.3. The van der Waals surface area contributed by atoms with Gasteiger partial charge in [-0.25, -0.2) is 0 Å². The lowest BCUT2D eigenvalue weighted by Crippen LogP contribution is -2.37. The lowest BCUT2D eigenvalue weighted by Gasteiger charge is -2.29. The molecule has 2 fully saturated rings. The lowest BCUT2D eigenvalue weighted by atomic mass is 10.1. The summed E-state index contributed by atoms with van der Waals surface area (Å²) < 4.78 is 0. The van der Waals surface area contributed by atoms with Crippen LogP contribution in [0.25, 0.3) is 6.08 Å². The number of anilines is 2. The summed E-state index contributed by atoms with van der Waals surface area (Å²) in [4.78, 5) is 20.6. The molecule has 0 unspecified atom stereocenters. The molecule has 0 N–H and O–H groups in total.